The van der Waals surface area contributed by atoms with Crippen LogP contribution in [0.1, 0.15) is 17.8 Å². The number of rotatable bonds is 6. The summed E-state index contributed by atoms with van der Waals surface area (Å²) in [4.78, 5) is 10.5. The van der Waals surface area contributed by atoms with E-state index in [4.69, 9.17) is 10.2 Å². The van der Waals surface area contributed by atoms with Gasteiger partial charge in [-0.25, -0.2) is 17.9 Å². The average molecular weight is 291 g/mol. The average Bonchev–Trinajstić information content (AvgIpc) is 2.52. The maximum atomic E-state index is 12.0. The van der Waals surface area contributed by atoms with Crippen molar-refractivity contribution in [1.82, 2.24) is 14.5 Å². The first-order chi connectivity index (χ1) is 8.66. The van der Waals surface area contributed by atoms with E-state index in [1.165, 1.54) is 4.68 Å². The van der Waals surface area contributed by atoms with Crippen molar-refractivity contribution >= 4 is 16.0 Å². The van der Waals surface area contributed by atoms with Crippen LogP contribution in [0.5, 0.6) is 0 Å². The molecule has 8 nitrogen and oxygen atoms in total. The first-order valence-corrected chi connectivity index (χ1v) is 7.06. The van der Waals surface area contributed by atoms with Crippen LogP contribution in [-0.2, 0) is 21.9 Å². The van der Waals surface area contributed by atoms with Gasteiger partial charge in [0.15, 0.2) is 6.10 Å². The highest BCUT2D eigenvalue weighted by Crippen LogP contribution is 2.18. The van der Waals surface area contributed by atoms with E-state index in [-0.39, 0.29) is 17.9 Å². The molecule has 108 valence electrons. The number of hydrogen-bond acceptors (Lipinski definition) is 5. The summed E-state index contributed by atoms with van der Waals surface area (Å²) in [6.45, 7) is 3.04. The number of nitrogens with one attached hydrogen (secondary N) is 1. The van der Waals surface area contributed by atoms with E-state index >= 15 is 0 Å². The van der Waals surface area contributed by atoms with Gasteiger partial charge in [-0.3, -0.25) is 4.68 Å². The van der Waals surface area contributed by atoms with Gasteiger partial charge in [0.1, 0.15) is 4.90 Å². The molecule has 0 amide bonds. The molecule has 3 N–H and O–H groups in total. The van der Waals surface area contributed by atoms with Crippen LogP contribution in [0, 0.1) is 13.8 Å². The molecule has 19 heavy (non-hydrogen) atoms. The Morgan fingerprint density at radius 2 is 2.05 bits per heavy atom. The Morgan fingerprint density at radius 3 is 2.47 bits per heavy atom. The summed E-state index contributed by atoms with van der Waals surface area (Å²) < 4.78 is 27.8. The van der Waals surface area contributed by atoms with Crippen LogP contribution >= 0.6 is 0 Å². The highest BCUT2D eigenvalue weighted by molar-refractivity contribution is 7.89. The fourth-order valence-corrected chi connectivity index (χ4v) is 3.15. The van der Waals surface area contributed by atoms with Gasteiger partial charge < -0.3 is 10.2 Å². The molecule has 1 aromatic heterocycles. The number of aliphatic hydroxyl groups is 1. The number of sulfonamides is 1. The van der Waals surface area contributed by atoms with Crippen molar-refractivity contribution in [3.05, 3.63) is 11.4 Å². The van der Waals surface area contributed by atoms with E-state index in [2.05, 4.69) is 9.82 Å². The van der Waals surface area contributed by atoms with Crippen LogP contribution < -0.4 is 4.72 Å². The zero-order valence-corrected chi connectivity index (χ0v) is 11.7. The van der Waals surface area contributed by atoms with Gasteiger partial charge in [0.2, 0.25) is 10.0 Å². The summed E-state index contributed by atoms with van der Waals surface area (Å²) >= 11 is 0. The second kappa shape index (κ2) is 5.68. The van der Waals surface area contributed by atoms with Crippen LogP contribution in [0.2, 0.25) is 0 Å². The highest BCUT2D eigenvalue weighted by Gasteiger charge is 2.24. The molecule has 0 spiro atoms. The van der Waals surface area contributed by atoms with Crippen molar-refractivity contribution in [2.75, 3.05) is 6.54 Å². The fraction of sp³-hybridized carbons (Fsp3) is 0.600. The zero-order valence-electron chi connectivity index (χ0n) is 10.9. The molecule has 0 saturated heterocycles. The minimum absolute atomic E-state index is 0.0832. The largest absolute Gasteiger partial charge is 0.479 e. The molecule has 1 rings (SSSR count). The maximum Gasteiger partial charge on any atom is 0.332 e. The van der Waals surface area contributed by atoms with Gasteiger partial charge in [-0.2, -0.15) is 5.10 Å². The first-order valence-electron chi connectivity index (χ1n) is 5.57. The number of nitrogens with zero attached hydrogens (tertiary/aromatic N) is 2. The molecule has 1 aromatic rings. The predicted molar refractivity (Wildman–Crippen MR) is 66.1 cm³/mol. The van der Waals surface area contributed by atoms with E-state index in [0.29, 0.717) is 11.4 Å². The Morgan fingerprint density at radius 1 is 1.47 bits per heavy atom. The van der Waals surface area contributed by atoms with Gasteiger partial charge >= 0.3 is 5.97 Å². The van der Waals surface area contributed by atoms with Crippen molar-refractivity contribution in [3.63, 3.8) is 0 Å². The topological polar surface area (TPSA) is 122 Å². The molecule has 0 bridgehead atoms. The molecule has 0 aliphatic carbocycles. The second-order valence-corrected chi connectivity index (χ2v) is 5.87. The summed E-state index contributed by atoms with van der Waals surface area (Å²) in [5.74, 6) is -1.38. The van der Waals surface area contributed by atoms with Crippen molar-refractivity contribution in [2.24, 2.45) is 7.05 Å². The van der Waals surface area contributed by atoms with Crippen LogP contribution in [0.3, 0.4) is 0 Å². The molecule has 0 aromatic carbocycles. The minimum atomic E-state index is -3.76. The van der Waals surface area contributed by atoms with Gasteiger partial charge in [-0.1, -0.05) is 0 Å². The lowest BCUT2D eigenvalue weighted by Gasteiger charge is -2.08. The summed E-state index contributed by atoms with van der Waals surface area (Å²) in [5, 5.41) is 21.5. The number of hydrogen-bond donors (Lipinski definition) is 3. The Kier molecular flexibility index (Phi) is 4.66. The van der Waals surface area contributed by atoms with Crippen molar-refractivity contribution in [1.29, 1.82) is 0 Å². The molecule has 1 atom stereocenters. The van der Waals surface area contributed by atoms with E-state index in [1.807, 2.05) is 0 Å². The lowest BCUT2D eigenvalue weighted by molar-refractivity contribution is -0.146. The molecule has 0 unspecified atom stereocenters. The Labute approximate surface area is 111 Å². The SMILES string of the molecule is Cc1nn(C)c(C)c1S(=O)(=O)NCC[C@H](O)C(=O)O. The number of aliphatic carboxylic acids is 1. The Balaban J connectivity index is 2.80. The van der Waals surface area contributed by atoms with Crippen LogP contribution in [-0.4, -0.2) is 47.0 Å². The standard InChI is InChI=1S/C10H17N3O5S/c1-6-9(7(2)13(3)12-6)19(17,18)11-5-4-8(14)10(15)16/h8,11,14H,4-5H2,1-3H3,(H,15,16)/t8-/m0/s1. The molecule has 0 aliphatic heterocycles. The molecule has 1 heterocycles. The van der Waals surface area contributed by atoms with Crippen molar-refractivity contribution in [2.45, 2.75) is 31.3 Å². The summed E-state index contributed by atoms with van der Waals surface area (Å²) in [7, 11) is -2.13. The number of aromatic nitrogens is 2. The van der Waals surface area contributed by atoms with Crippen LogP contribution in [0.4, 0.5) is 0 Å². The molecular formula is C10H17N3O5S. The van der Waals surface area contributed by atoms with Gasteiger partial charge in [0.25, 0.3) is 0 Å². The lowest BCUT2D eigenvalue weighted by atomic mass is 10.3. The van der Waals surface area contributed by atoms with Gasteiger partial charge in [-0.05, 0) is 20.3 Å². The smallest absolute Gasteiger partial charge is 0.332 e. The second-order valence-electron chi connectivity index (χ2n) is 4.16. The molecule has 0 aliphatic rings. The van der Waals surface area contributed by atoms with Gasteiger partial charge in [0.05, 0.1) is 11.4 Å². The van der Waals surface area contributed by atoms with E-state index < -0.39 is 22.1 Å². The quantitative estimate of drug-likeness (QED) is 0.627. The van der Waals surface area contributed by atoms with Crippen molar-refractivity contribution < 1.29 is 23.4 Å². The Hall–Kier alpha value is -1.45. The van der Waals surface area contributed by atoms with Crippen LogP contribution in [0.25, 0.3) is 0 Å². The third-order valence-electron chi connectivity index (χ3n) is 2.71. The highest BCUT2D eigenvalue weighted by atomic mass is 32.2. The fourth-order valence-electron chi connectivity index (χ4n) is 1.67. The van der Waals surface area contributed by atoms with Crippen molar-refractivity contribution in [3.8, 4) is 0 Å². The summed E-state index contributed by atoms with van der Waals surface area (Å²) in [5.41, 5.74) is 0.857. The third kappa shape index (κ3) is 3.52. The number of aliphatic hydroxyl groups excluding tert-OH is 1. The molecule has 0 radical (unpaired) electrons. The third-order valence-corrected chi connectivity index (χ3v) is 4.42. The Bertz CT molecular complexity index is 578. The number of aryl methyl sites for hydroxylation is 2. The number of carboxylic acid groups (broad SMARTS) is 1. The predicted octanol–water partition coefficient (Wildman–Crippen LogP) is -0.849. The van der Waals surface area contributed by atoms with Gasteiger partial charge in [-0.15, -0.1) is 0 Å². The molecule has 0 saturated carbocycles. The zero-order chi connectivity index (χ0) is 14.8. The summed E-state index contributed by atoms with van der Waals surface area (Å²) in [6.07, 6.45) is -1.79. The van der Waals surface area contributed by atoms with E-state index in [1.54, 1.807) is 20.9 Å². The normalized spacial score (nSPS) is 13.5. The maximum absolute atomic E-state index is 12.0. The van der Waals surface area contributed by atoms with E-state index in [9.17, 15) is 13.2 Å². The molecule has 9 heteroatoms. The monoisotopic (exact) mass is 291 g/mol. The first kappa shape index (κ1) is 15.6. The molecule has 0 fully saturated rings. The number of carbonyl (C=O) groups is 1. The van der Waals surface area contributed by atoms with E-state index in [0.717, 1.165) is 0 Å². The lowest BCUT2D eigenvalue weighted by Crippen LogP contribution is -2.30. The summed E-state index contributed by atoms with van der Waals surface area (Å²) in [6, 6.07) is 0. The number of carboxylic acids is 1. The molecular weight excluding hydrogens is 274 g/mol. The minimum Gasteiger partial charge on any atom is -0.479 e. The van der Waals surface area contributed by atoms with Crippen LogP contribution in [0.15, 0.2) is 4.90 Å². The van der Waals surface area contributed by atoms with Gasteiger partial charge in [0, 0.05) is 13.6 Å².